The van der Waals surface area contributed by atoms with Gasteiger partial charge in [-0.3, -0.25) is 25.4 Å². The topological polar surface area (TPSA) is 102 Å². The molecule has 0 unspecified atom stereocenters. The van der Waals surface area contributed by atoms with Crippen molar-refractivity contribution >= 4 is 27.7 Å². The van der Waals surface area contributed by atoms with Crippen molar-refractivity contribution in [2.24, 2.45) is 0 Å². The van der Waals surface area contributed by atoms with Crippen molar-refractivity contribution < 1.29 is 9.59 Å². The van der Waals surface area contributed by atoms with Crippen molar-refractivity contribution in [3.63, 3.8) is 0 Å². The average Bonchev–Trinajstić information content (AvgIpc) is 3.24. The summed E-state index contributed by atoms with van der Waals surface area (Å²) in [5.74, 6) is -0.721. The second-order valence-electron chi connectivity index (χ2n) is 6.17. The zero-order valence-electron chi connectivity index (χ0n) is 15.5. The molecule has 0 aliphatic carbocycles. The minimum atomic E-state index is -0.641. The van der Waals surface area contributed by atoms with E-state index in [4.69, 9.17) is 0 Å². The molecular weight excluding hydrogens is 448 g/mol. The van der Waals surface area contributed by atoms with Crippen LogP contribution in [0.1, 0.15) is 21.0 Å². The lowest BCUT2D eigenvalue weighted by Crippen LogP contribution is -2.42. The maximum atomic E-state index is 12.6. The second-order valence-corrected chi connectivity index (χ2v) is 7.09. The molecular formula is C21H15BrN6O2. The summed E-state index contributed by atoms with van der Waals surface area (Å²) in [7, 11) is 0. The number of aromatic nitrogens is 4. The average molecular weight is 463 g/mol. The van der Waals surface area contributed by atoms with Gasteiger partial charge in [-0.05, 0) is 34.1 Å². The van der Waals surface area contributed by atoms with Crippen LogP contribution in [-0.4, -0.2) is 31.6 Å². The Bertz CT molecular complexity index is 1140. The molecule has 2 heterocycles. The smallest absolute Gasteiger partial charge is 0.267 e. The highest BCUT2D eigenvalue weighted by Crippen LogP contribution is 2.20. The molecule has 2 aromatic heterocycles. The highest BCUT2D eigenvalue weighted by Gasteiger charge is 2.19. The van der Waals surface area contributed by atoms with Crippen molar-refractivity contribution in [2.75, 3.05) is 0 Å². The van der Waals surface area contributed by atoms with Crippen molar-refractivity contribution in [1.29, 1.82) is 0 Å². The van der Waals surface area contributed by atoms with Crippen LogP contribution in [0.15, 0.2) is 83.6 Å². The molecule has 9 heteroatoms. The summed E-state index contributed by atoms with van der Waals surface area (Å²) in [6.45, 7) is 0. The summed E-state index contributed by atoms with van der Waals surface area (Å²) in [6, 6.07) is 20.4. The van der Waals surface area contributed by atoms with E-state index in [-0.39, 0.29) is 11.4 Å². The molecule has 0 bridgehead atoms. The van der Waals surface area contributed by atoms with Crippen LogP contribution in [-0.2, 0) is 0 Å². The Labute approximate surface area is 180 Å². The Balaban J connectivity index is 1.59. The van der Waals surface area contributed by atoms with Gasteiger partial charge < -0.3 is 0 Å². The molecule has 2 N–H and O–H groups in total. The van der Waals surface area contributed by atoms with Gasteiger partial charge in [0.2, 0.25) is 5.82 Å². The monoisotopic (exact) mass is 462 g/mol. The minimum absolute atomic E-state index is 0.0784. The molecule has 30 heavy (non-hydrogen) atoms. The third-order valence-corrected chi connectivity index (χ3v) is 4.53. The zero-order chi connectivity index (χ0) is 20.9. The molecule has 0 aliphatic heterocycles. The Hall–Kier alpha value is -3.85. The number of carbonyl (C=O) groups excluding carboxylic acids is 2. The van der Waals surface area contributed by atoms with Gasteiger partial charge in [0.05, 0.1) is 11.3 Å². The van der Waals surface area contributed by atoms with E-state index in [9.17, 15) is 9.59 Å². The number of rotatable bonds is 4. The van der Waals surface area contributed by atoms with E-state index in [1.807, 2.05) is 60.7 Å². The number of hydrogen-bond acceptors (Lipinski definition) is 5. The molecule has 0 saturated carbocycles. The summed E-state index contributed by atoms with van der Waals surface area (Å²) in [4.78, 5) is 33.1. The Morgan fingerprint density at radius 3 is 2.23 bits per heavy atom. The number of halogens is 1. The highest BCUT2D eigenvalue weighted by atomic mass is 79.9. The van der Waals surface area contributed by atoms with Crippen LogP contribution in [0.3, 0.4) is 0 Å². The summed E-state index contributed by atoms with van der Waals surface area (Å²) in [6.07, 6.45) is 2.95. The first-order chi connectivity index (χ1) is 14.6. The number of pyridine rings is 1. The summed E-state index contributed by atoms with van der Waals surface area (Å²) >= 11 is 3.25. The number of amides is 2. The molecule has 0 spiro atoms. The van der Waals surface area contributed by atoms with Gasteiger partial charge in [-0.1, -0.05) is 48.5 Å². The molecule has 4 aromatic rings. The molecule has 4 rings (SSSR count). The lowest BCUT2D eigenvalue weighted by molar-refractivity contribution is 0.0840. The van der Waals surface area contributed by atoms with E-state index in [0.29, 0.717) is 10.3 Å². The number of nitrogens with zero attached hydrogens (tertiary/aromatic N) is 4. The first-order valence-electron chi connectivity index (χ1n) is 8.91. The number of carbonyl (C=O) groups is 2. The molecule has 148 valence electrons. The zero-order valence-corrected chi connectivity index (χ0v) is 17.1. The van der Waals surface area contributed by atoms with Gasteiger partial charge in [0.15, 0.2) is 5.82 Å². The number of para-hydroxylation sites is 1. The van der Waals surface area contributed by atoms with Crippen molar-refractivity contribution in [2.45, 2.75) is 0 Å². The lowest BCUT2D eigenvalue weighted by Gasteiger charge is -2.05. The van der Waals surface area contributed by atoms with E-state index in [1.54, 1.807) is 16.9 Å². The number of benzene rings is 2. The maximum absolute atomic E-state index is 12.6. The van der Waals surface area contributed by atoms with Gasteiger partial charge in [0.1, 0.15) is 0 Å². The normalized spacial score (nSPS) is 10.4. The van der Waals surface area contributed by atoms with Crippen molar-refractivity contribution in [3.05, 3.63) is 95.0 Å². The van der Waals surface area contributed by atoms with Crippen molar-refractivity contribution in [1.82, 2.24) is 30.6 Å². The first-order valence-corrected chi connectivity index (χ1v) is 9.70. The molecule has 0 atom stereocenters. The van der Waals surface area contributed by atoms with Crippen LogP contribution in [0.5, 0.6) is 0 Å². The number of hydrazine groups is 1. The third kappa shape index (κ3) is 4.26. The fraction of sp³-hybridized carbons (Fsp3) is 0. The minimum Gasteiger partial charge on any atom is -0.267 e. The second kappa shape index (κ2) is 8.66. The molecule has 0 saturated heterocycles. The quantitative estimate of drug-likeness (QED) is 0.453. The molecule has 0 aliphatic rings. The Morgan fingerprint density at radius 1 is 0.867 bits per heavy atom. The molecule has 0 radical (unpaired) electrons. The summed E-state index contributed by atoms with van der Waals surface area (Å²) in [5.41, 5.74) is 6.53. The van der Waals surface area contributed by atoms with E-state index >= 15 is 0 Å². The van der Waals surface area contributed by atoms with Gasteiger partial charge in [-0.25, -0.2) is 9.67 Å². The van der Waals surface area contributed by atoms with Gasteiger partial charge in [-0.15, -0.1) is 5.10 Å². The van der Waals surface area contributed by atoms with Crippen LogP contribution < -0.4 is 10.9 Å². The van der Waals surface area contributed by atoms with Crippen LogP contribution in [0.2, 0.25) is 0 Å². The largest absolute Gasteiger partial charge is 0.309 e. The lowest BCUT2D eigenvalue weighted by atomic mass is 10.2. The first kappa shape index (κ1) is 19.5. The summed E-state index contributed by atoms with van der Waals surface area (Å²) in [5, 5.41) is 4.34. The van der Waals surface area contributed by atoms with E-state index in [2.05, 4.69) is 41.8 Å². The highest BCUT2D eigenvalue weighted by molar-refractivity contribution is 9.10. The molecule has 2 amide bonds. The SMILES string of the molecule is O=C(NNC(=O)c1nc(-c2ccccc2)n(-c2ccccc2)n1)c1cncc(Br)c1. The van der Waals surface area contributed by atoms with Crippen molar-refractivity contribution in [3.8, 4) is 17.1 Å². The standard InChI is InChI=1S/C21H15BrN6O2/c22-16-11-15(12-23-13-16)20(29)25-26-21(30)18-24-19(14-7-3-1-4-8-14)28(27-18)17-9-5-2-6-10-17/h1-13H,(H,25,29)(H,26,30). The predicted octanol–water partition coefficient (Wildman–Crippen LogP) is 3.17. The predicted molar refractivity (Wildman–Crippen MR) is 114 cm³/mol. The van der Waals surface area contributed by atoms with Crippen LogP contribution in [0.25, 0.3) is 17.1 Å². The Morgan fingerprint density at radius 2 is 1.53 bits per heavy atom. The van der Waals surface area contributed by atoms with E-state index < -0.39 is 11.8 Å². The van der Waals surface area contributed by atoms with Crippen LogP contribution in [0.4, 0.5) is 0 Å². The molecule has 0 fully saturated rings. The maximum Gasteiger partial charge on any atom is 0.309 e. The van der Waals surface area contributed by atoms with Gasteiger partial charge in [0.25, 0.3) is 5.91 Å². The van der Waals surface area contributed by atoms with Crippen LogP contribution in [0, 0.1) is 0 Å². The van der Waals surface area contributed by atoms with Gasteiger partial charge in [-0.2, -0.15) is 0 Å². The van der Waals surface area contributed by atoms with E-state index in [0.717, 1.165) is 11.3 Å². The fourth-order valence-corrected chi connectivity index (χ4v) is 3.07. The number of hydrogen-bond donors (Lipinski definition) is 2. The molecule has 2 aromatic carbocycles. The fourth-order valence-electron chi connectivity index (χ4n) is 2.71. The van der Waals surface area contributed by atoms with Gasteiger partial charge in [0, 0.05) is 22.4 Å². The van der Waals surface area contributed by atoms with Gasteiger partial charge >= 0.3 is 5.91 Å². The summed E-state index contributed by atoms with van der Waals surface area (Å²) < 4.78 is 2.24. The molecule has 8 nitrogen and oxygen atoms in total. The van der Waals surface area contributed by atoms with E-state index in [1.165, 1.54) is 6.20 Å². The Kier molecular flexibility index (Phi) is 5.62. The third-order valence-electron chi connectivity index (χ3n) is 4.10. The number of nitrogens with one attached hydrogen (secondary N) is 2. The van der Waals surface area contributed by atoms with Crippen LogP contribution >= 0.6 is 15.9 Å².